The van der Waals surface area contributed by atoms with Crippen LogP contribution in [0.2, 0.25) is 0 Å². The van der Waals surface area contributed by atoms with Gasteiger partial charge in [-0.3, -0.25) is 0 Å². The molecule has 0 N–H and O–H groups in total. The fraction of sp³-hybridized carbons (Fsp3) is 0.588. The summed E-state index contributed by atoms with van der Waals surface area (Å²) in [5.74, 6) is 3.42. The van der Waals surface area contributed by atoms with E-state index in [4.69, 9.17) is 16.6 Å². The molecule has 0 amide bonds. The molecule has 2 nitrogen and oxygen atoms in total. The van der Waals surface area contributed by atoms with Gasteiger partial charge in [-0.15, -0.1) is 11.6 Å². The zero-order valence-corrected chi connectivity index (χ0v) is 13.2. The lowest BCUT2D eigenvalue weighted by Gasteiger charge is -2.18. The highest BCUT2D eigenvalue weighted by molar-refractivity contribution is 6.17. The molecule has 2 unspecified atom stereocenters. The molecule has 1 saturated carbocycles. The van der Waals surface area contributed by atoms with Crippen molar-refractivity contribution >= 4 is 22.6 Å². The van der Waals surface area contributed by atoms with E-state index in [1.54, 1.807) is 0 Å². The number of imidazole rings is 1. The Morgan fingerprint density at radius 2 is 2.20 bits per heavy atom. The van der Waals surface area contributed by atoms with Crippen LogP contribution in [0, 0.1) is 18.8 Å². The second-order valence-electron chi connectivity index (χ2n) is 6.24. The lowest BCUT2D eigenvalue weighted by molar-refractivity contribution is 0.363. The van der Waals surface area contributed by atoms with E-state index in [1.165, 1.54) is 30.3 Å². The molecule has 0 spiro atoms. The van der Waals surface area contributed by atoms with Crippen LogP contribution in [0.15, 0.2) is 18.2 Å². The summed E-state index contributed by atoms with van der Waals surface area (Å²) in [6.45, 7) is 5.62. The number of nitrogens with zero attached hydrogens (tertiary/aromatic N) is 2. The van der Waals surface area contributed by atoms with Gasteiger partial charge in [0.2, 0.25) is 0 Å². The molecule has 0 bridgehead atoms. The van der Waals surface area contributed by atoms with Crippen molar-refractivity contribution < 1.29 is 0 Å². The first kappa shape index (κ1) is 13.9. The van der Waals surface area contributed by atoms with E-state index >= 15 is 0 Å². The van der Waals surface area contributed by atoms with Gasteiger partial charge in [0.05, 0.1) is 11.0 Å². The zero-order chi connectivity index (χ0) is 14.1. The first-order valence-electron chi connectivity index (χ1n) is 7.70. The molecule has 1 aliphatic carbocycles. The van der Waals surface area contributed by atoms with Crippen molar-refractivity contribution in [1.29, 1.82) is 0 Å². The van der Waals surface area contributed by atoms with Gasteiger partial charge in [-0.1, -0.05) is 25.8 Å². The molecular weight excluding hydrogens is 268 g/mol. The molecule has 1 fully saturated rings. The molecule has 108 valence electrons. The smallest absolute Gasteiger partial charge is 0.111 e. The monoisotopic (exact) mass is 290 g/mol. The quantitative estimate of drug-likeness (QED) is 0.755. The molecular formula is C17H23ClN2. The summed E-state index contributed by atoms with van der Waals surface area (Å²) in [4.78, 5) is 4.81. The summed E-state index contributed by atoms with van der Waals surface area (Å²) in [7, 11) is 0. The van der Waals surface area contributed by atoms with E-state index < -0.39 is 0 Å². The minimum atomic E-state index is 0.641. The van der Waals surface area contributed by atoms with Crippen LogP contribution in [0.1, 0.15) is 37.6 Å². The number of rotatable bonds is 4. The molecule has 2 atom stereocenters. The topological polar surface area (TPSA) is 17.8 Å². The molecule has 1 heterocycles. The van der Waals surface area contributed by atoms with Crippen molar-refractivity contribution in [3.8, 4) is 0 Å². The van der Waals surface area contributed by atoms with Crippen molar-refractivity contribution in [3.63, 3.8) is 0 Å². The Bertz CT molecular complexity index is 602. The molecule has 0 aliphatic heterocycles. The number of aromatic nitrogens is 2. The third-order valence-corrected chi connectivity index (χ3v) is 4.95. The summed E-state index contributed by atoms with van der Waals surface area (Å²) in [6.07, 6.45) is 4.97. The Morgan fingerprint density at radius 1 is 1.35 bits per heavy atom. The van der Waals surface area contributed by atoms with Crippen molar-refractivity contribution in [2.45, 2.75) is 46.1 Å². The maximum absolute atomic E-state index is 5.96. The molecule has 3 heteroatoms. The SMILES string of the molecule is Cc1ccc2c(c1)nc(CCCl)n2CC1CCCC1C. The molecule has 2 aromatic rings. The van der Waals surface area contributed by atoms with E-state index in [9.17, 15) is 0 Å². The summed E-state index contributed by atoms with van der Waals surface area (Å²) in [5, 5.41) is 0. The van der Waals surface area contributed by atoms with Gasteiger partial charge in [-0.05, 0) is 42.9 Å². The van der Waals surface area contributed by atoms with Gasteiger partial charge in [0.15, 0.2) is 0 Å². The Labute approximate surface area is 126 Å². The standard InChI is InChI=1S/C17H23ClN2/c1-12-6-7-16-15(10-12)19-17(8-9-18)20(16)11-14-5-3-4-13(14)2/h6-7,10,13-14H,3-5,8-9,11H2,1-2H3. The number of benzene rings is 1. The number of halogens is 1. The van der Waals surface area contributed by atoms with E-state index in [1.807, 2.05) is 0 Å². The van der Waals surface area contributed by atoms with E-state index in [0.29, 0.717) is 5.88 Å². The van der Waals surface area contributed by atoms with Crippen molar-refractivity contribution in [3.05, 3.63) is 29.6 Å². The van der Waals surface area contributed by atoms with Gasteiger partial charge in [-0.2, -0.15) is 0 Å². The Kier molecular flexibility index (Phi) is 4.02. The summed E-state index contributed by atoms with van der Waals surface area (Å²) in [5.41, 5.74) is 3.67. The van der Waals surface area contributed by atoms with Crippen LogP contribution in [0.25, 0.3) is 11.0 Å². The first-order chi connectivity index (χ1) is 9.69. The lowest BCUT2D eigenvalue weighted by atomic mass is 9.98. The average Bonchev–Trinajstić information content (AvgIpc) is 2.96. The predicted octanol–water partition coefficient (Wildman–Crippen LogP) is 4.56. The summed E-state index contributed by atoms with van der Waals surface area (Å²) < 4.78 is 2.42. The summed E-state index contributed by atoms with van der Waals surface area (Å²) in [6, 6.07) is 6.58. The second-order valence-corrected chi connectivity index (χ2v) is 6.62. The van der Waals surface area contributed by atoms with E-state index in [2.05, 4.69) is 36.6 Å². The number of alkyl halides is 1. The predicted molar refractivity (Wildman–Crippen MR) is 85.4 cm³/mol. The zero-order valence-electron chi connectivity index (χ0n) is 12.4. The van der Waals surface area contributed by atoms with Gasteiger partial charge in [0.1, 0.15) is 5.82 Å². The summed E-state index contributed by atoms with van der Waals surface area (Å²) >= 11 is 5.96. The number of fused-ring (bicyclic) bond motifs is 1. The van der Waals surface area contributed by atoms with Gasteiger partial charge in [0.25, 0.3) is 0 Å². The van der Waals surface area contributed by atoms with Crippen LogP contribution in [-0.4, -0.2) is 15.4 Å². The van der Waals surface area contributed by atoms with Gasteiger partial charge in [0, 0.05) is 18.8 Å². The van der Waals surface area contributed by atoms with Crippen LogP contribution in [0.4, 0.5) is 0 Å². The van der Waals surface area contributed by atoms with Crippen molar-refractivity contribution in [2.24, 2.45) is 11.8 Å². The fourth-order valence-electron chi connectivity index (χ4n) is 3.50. The second kappa shape index (κ2) is 5.77. The lowest BCUT2D eigenvalue weighted by Crippen LogP contribution is -2.15. The number of hydrogen-bond donors (Lipinski definition) is 0. The van der Waals surface area contributed by atoms with Crippen LogP contribution in [0.3, 0.4) is 0 Å². The van der Waals surface area contributed by atoms with E-state index in [-0.39, 0.29) is 0 Å². The number of aryl methyl sites for hydroxylation is 2. The Morgan fingerprint density at radius 3 is 2.90 bits per heavy atom. The minimum absolute atomic E-state index is 0.641. The van der Waals surface area contributed by atoms with Gasteiger partial charge >= 0.3 is 0 Å². The highest BCUT2D eigenvalue weighted by Gasteiger charge is 2.25. The average molecular weight is 291 g/mol. The first-order valence-corrected chi connectivity index (χ1v) is 8.24. The Balaban J connectivity index is 1.99. The van der Waals surface area contributed by atoms with Gasteiger partial charge < -0.3 is 4.57 Å². The normalized spacial score (nSPS) is 22.8. The van der Waals surface area contributed by atoms with Crippen molar-refractivity contribution in [1.82, 2.24) is 9.55 Å². The van der Waals surface area contributed by atoms with Crippen molar-refractivity contribution in [2.75, 3.05) is 5.88 Å². The highest BCUT2D eigenvalue weighted by Crippen LogP contribution is 2.33. The Hall–Kier alpha value is -1.02. The van der Waals surface area contributed by atoms with Crippen LogP contribution >= 0.6 is 11.6 Å². The number of hydrogen-bond acceptors (Lipinski definition) is 1. The maximum atomic E-state index is 5.96. The third-order valence-electron chi connectivity index (χ3n) is 4.76. The molecule has 0 saturated heterocycles. The largest absolute Gasteiger partial charge is 0.328 e. The molecule has 1 aromatic heterocycles. The van der Waals surface area contributed by atoms with Crippen LogP contribution < -0.4 is 0 Å². The fourth-order valence-corrected chi connectivity index (χ4v) is 3.67. The van der Waals surface area contributed by atoms with Crippen LogP contribution in [-0.2, 0) is 13.0 Å². The third kappa shape index (κ3) is 2.58. The minimum Gasteiger partial charge on any atom is -0.328 e. The molecule has 20 heavy (non-hydrogen) atoms. The highest BCUT2D eigenvalue weighted by atomic mass is 35.5. The van der Waals surface area contributed by atoms with Crippen LogP contribution in [0.5, 0.6) is 0 Å². The van der Waals surface area contributed by atoms with Gasteiger partial charge in [-0.25, -0.2) is 4.98 Å². The molecule has 0 radical (unpaired) electrons. The molecule has 3 rings (SSSR count). The van der Waals surface area contributed by atoms with E-state index in [0.717, 1.165) is 36.1 Å². The molecule has 1 aliphatic rings. The maximum Gasteiger partial charge on any atom is 0.111 e. The molecule has 1 aromatic carbocycles.